The lowest BCUT2D eigenvalue weighted by Gasteiger charge is -2.22. The molecule has 0 spiro atoms. The number of aromatic nitrogens is 3. The molecule has 102 valence electrons. The normalized spacial score (nSPS) is 17.2. The molecule has 0 unspecified atom stereocenters. The van der Waals surface area contributed by atoms with Crippen molar-refractivity contribution in [3.63, 3.8) is 0 Å². The minimum atomic E-state index is -0.711. The van der Waals surface area contributed by atoms with E-state index in [1.807, 2.05) is 0 Å². The fourth-order valence-electron chi connectivity index (χ4n) is 1.97. The summed E-state index contributed by atoms with van der Waals surface area (Å²) < 4.78 is 1.40. The first-order chi connectivity index (χ1) is 9.63. The van der Waals surface area contributed by atoms with E-state index in [2.05, 4.69) is 20.7 Å². The van der Waals surface area contributed by atoms with E-state index in [4.69, 9.17) is 11.6 Å². The molecule has 2 heterocycles. The van der Waals surface area contributed by atoms with Crippen LogP contribution in [0.2, 0.25) is 5.02 Å². The molecule has 1 aliphatic heterocycles. The van der Waals surface area contributed by atoms with Gasteiger partial charge in [0.15, 0.2) is 0 Å². The number of nitrogens with zero attached hydrogens (tertiary/aromatic N) is 3. The van der Waals surface area contributed by atoms with Crippen molar-refractivity contribution in [1.82, 2.24) is 14.8 Å². The van der Waals surface area contributed by atoms with E-state index in [9.17, 15) is 9.59 Å². The molecule has 0 fully saturated rings. The SMILES string of the molecule is O=C1C[C@@H](C(=O)Nc2ccc(Cl)cc2)n2ncnc2N1. The third-order valence-electron chi connectivity index (χ3n) is 2.91. The average Bonchev–Trinajstić information content (AvgIpc) is 2.88. The number of hydrogen-bond donors (Lipinski definition) is 2. The third kappa shape index (κ3) is 2.35. The van der Waals surface area contributed by atoms with Crippen LogP contribution in [0.4, 0.5) is 11.6 Å². The largest absolute Gasteiger partial charge is 0.324 e. The summed E-state index contributed by atoms with van der Waals surface area (Å²) in [4.78, 5) is 27.7. The zero-order valence-electron chi connectivity index (χ0n) is 10.2. The zero-order chi connectivity index (χ0) is 14.1. The second-order valence-electron chi connectivity index (χ2n) is 4.29. The summed E-state index contributed by atoms with van der Waals surface area (Å²) in [7, 11) is 0. The van der Waals surface area contributed by atoms with Crippen LogP contribution in [-0.2, 0) is 9.59 Å². The molecule has 1 atom stereocenters. The minimum absolute atomic E-state index is 0.0236. The molecule has 0 radical (unpaired) electrons. The first kappa shape index (κ1) is 12.6. The van der Waals surface area contributed by atoms with Crippen LogP contribution in [0.3, 0.4) is 0 Å². The number of carbonyl (C=O) groups is 2. The Labute approximate surface area is 118 Å². The molecule has 2 aromatic rings. The number of halogens is 1. The molecule has 0 saturated heterocycles. The summed E-state index contributed by atoms with van der Waals surface area (Å²) in [6.07, 6.45) is 1.32. The highest BCUT2D eigenvalue weighted by atomic mass is 35.5. The molecule has 20 heavy (non-hydrogen) atoms. The van der Waals surface area contributed by atoms with E-state index in [0.717, 1.165) is 0 Å². The van der Waals surface area contributed by atoms with Crippen LogP contribution in [0.15, 0.2) is 30.6 Å². The number of rotatable bonds is 2. The van der Waals surface area contributed by atoms with Gasteiger partial charge in [-0.3, -0.25) is 14.9 Å². The Balaban J connectivity index is 1.81. The van der Waals surface area contributed by atoms with Gasteiger partial charge in [0.1, 0.15) is 12.4 Å². The monoisotopic (exact) mass is 291 g/mol. The second-order valence-corrected chi connectivity index (χ2v) is 4.73. The highest BCUT2D eigenvalue weighted by Gasteiger charge is 2.31. The molecule has 3 rings (SSSR count). The highest BCUT2D eigenvalue weighted by molar-refractivity contribution is 6.30. The molecule has 1 aliphatic rings. The zero-order valence-corrected chi connectivity index (χ0v) is 11.0. The Hall–Kier alpha value is -2.41. The van der Waals surface area contributed by atoms with E-state index in [0.29, 0.717) is 10.7 Å². The Morgan fingerprint density at radius 1 is 1.40 bits per heavy atom. The number of anilines is 2. The lowest BCUT2D eigenvalue weighted by atomic mass is 10.1. The van der Waals surface area contributed by atoms with Gasteiger partial charge in [-0.2, -0.15) is 10.1 Å². The Bertz CT molecular complexity index is 667. The van der Waals surface area contributed by atoms with Gasteiger partial charge in [0.25, 0.3) is 0 Å². The molecule has 0 aliphatic carbocycles. The summed E-state index contributed by atoms with van der Waals surface area (Å²) in [6.45, 7) is 0. The Morgan fingerprint density at radius 2 is 2.15 bits per heavy atom. The lowest BCUT2D eigenvalue weighted by molar-refractivity contribution is -0.125. The second kappa shape index (κ2) is 4.93. The number of fused-ring (bicyclic) bond motifs is 1. The van der Waals surface area contributed by atoms with Crippen molar-refractivity contribution in [2.45, 2.75) is 12.5 Å². The topological polar surface area (TPSA) is 88.9 Å². The number of benzene rings is 1. The highest BCUT2D eigenvalue weighted by Crippen LogP contribution is 2.23. The fraction of sp³-hybridized carbons (Fsp3) is 0.167. The van der Waals surface area contributed by atoms with E-state index in [1.54, 1.807) is 24.3 Å². The van der Waals surface area contributed by atoms with Gasteiger partial charge in [-0.1, -0.05) is 11.6 Å². The summed E-state index contributed by atoms with van der Waals surface area (Å²) in [6, 6.07) is 6.01. The van der Waals surface area contributed by atoms with Crippen molar-refractivity contribution in [2.24, 2.45) is 0 Å². The van der Waals surface area contributed by atoms with Crippen LogP contribution >= 0.6 is 11.6 Å². The van der Waals surface area contributed by atoms with Gasteiger partial charge in [-0.15, -0.1) is 0 Å². The maximum atomic E-state index is 12.2. The maximum Gasteiger partial charge on any atom is 0.249 e. The van der Waals surface area contributed by atoms with Gasteiger partial charge in [0.2, 0.25) is 17.8 Å². The first-order valence-electron chi connectivity index (χ1n) is 5.89. The van der Waals surface area contributed by atoms with Crippen LogP contribution in [-0.4, -0.2) is 26.6 Å². The molecule has 0 bridgehead atoms. The molecule has 1 aromatic carbocycles. The van der Waals surface area contributed by atoms with Crippen LogP contribution in [0, 0.1) is 0 Å². The smallest absolute Gasteiger partial charge is 0.249 e. The molecule has 2 amide bonds. The summed E-state index contributed by atoms with van der Waals surface area (Å²) in [5, 5.41) is 9.81. The van der Waals surface area contributed by atoms with Crippen molar-refractivity contribution in [3.05, 3.63) is 35.6 Å². The Morgan fingerprint density at radius 3 is 2.90 bits per heavy atom. The van der Waals surface area contributed by atoms with Crippen LogP contribution in [0.25, 0.3) is 0 Å². The molecule has 2 N–H and O–H groups in total. The standard InChI is InChI=1S/C12H10ClN5O2/c13-7-1-3-8(4-2-7)16-11(20)9-5-10(19)17-12-14-6-15-18(9)12/h1-4,6,9H,5H2,(H,16,20)(H,14,15,17,19)/t9-/m0/s1. The fourth-order valence-corrected chi connectivity index (χ4v) is 2.09. The number of carbonyl (C=O) groups excluding carboxylic acids is 2. The Kier molecular flexibility index (Phi) is 3.11. The number of hydrogen-bond acceptors (Lipinski definition) is 4. The van der Waals surface area contributed by atoms with Gasteiger partial charge in [-0.25, -0.2) is 4.68 Å². The number of amides is 2. The van der Waals surface area contributed by atoms with Crippen molar-refractivity contribution >= 4 is 35.1 Å². The average molecular weight is 292 g/mol. The first-order valence-corrected chi connectivity index (χ1v) is 6.27. The van der Waals surface area contributed by atoms with Crippen molar-refractivity contribution in [2.75, 3.05) is 10.6 Å². The van der Waals surface area contributed by atoms with Crippen molar-refractivity contribution in [3.8, 4) is 0 Å². The minimum Gasteiger partial charge on any atom is -0.324 e. The summed E-state index contributed by atoms with van der Waals surface area (Å²) in [5.41, 5.74) is 0.604. The lowest BCUT2D eigenvalue weighted by Crippen LogP contribution is -2.35. The summed E-state index contributed by atoms with van der Waals surface area (Å²) in [5.74, 6) is -0.312. The van der Waals surface area contributed by atoms with Gasteiger partial charge < -0.3 is 5.32 Å². The van der Waals surface area contributed by atoms with Crippen molar-refractivity contribution in [1.29, 1.82) is 0 Å². The van der Waals surface area contributed by atoms with Gasteiger partial charge in [0, 0.05) is 10.7 Å². The van der Waals surface area contributed by atoms with Crippen LogP contribution in [0.5, 0.6) is 0 Å². The van der Waals surface area contributed by atoms with E-state index in [-0.39, 0.29) is 24.2 Å². The van der Waals surface area contributed by atoms with E-state index in [1.165, 1.54) is 11.0 Å². The maximum absolute atomic E-state index is 12.2. The van der Waals surface area contributed by atoms with Gasteiger partial charge in [0.05, 0.1) is 6.42 Å². The predicted molar refractivity (Wildman–Crippen MR) is 72.4 cm³/mol. The summed E-state index contributed by atoms with van der Waals surface area (Å²) >= 11 is 5.78. The van der Waals surface area contributed by atoms with Gasteiger partial charge in [-0.05, 0) is 24.3 Å². The molecule has 0 saturated carbocycles. The van der Waals surface area contributed by atoms with Crippen LogP contribution < -0.4 is 10.6 Å². The van der Waals surface area contributed by atoms with E-state index >= 15 is 0 Å². The molecular formula is C12H10ClN5O2. The van der Waals surface area contributed by atoms with E-state index < -0.39 is 6.04 Å². The molecule has 1 aromatic heterocycles. The third-order valence-corrected chi connectivity index (χ3v) is 3.16. The quantitative estimate of drug-likeness (QED) is 0.876. The predicted octanol–water partition coefficient (Wildman–Crippen LogP) is 1.45. The number of nitrogens with one attached hydrogen (secondary N) is 2. The van der Waals surface area contributed by atoms with Crippen molar-refractivity contribution < 1.29 is 9.59 Å². The molecular weight excluding hydrogens is 282 g/mol. The van der Waals surface area contributed by atoms with Gasteiger partial charge >= 0.3 is 0 Å². The molecule has 8 heteroatoms. The van der Waals surface area contributed by atoms with Crippen LogP contribution in [0.1, 0.15) is 12.5 Å². The molecule has 7 nitrogen and oxygen atoms in total.